The topological polar surface area (TPSA) is 83.6 Å². The highest BCUT2D eigenvalue weighted by molar-refractivity contribution is 6.53. The van der Waals surface area contributed by atoms with Gasteiger partial charge in [-0.05, 0) is 35.4 Å². The fraction of sp³-hybridized carbons (Fsp3) is 0.125. The van der Waals surface area contributed by atoms with Crippen LogP contribution in [0.2, 0.25) is 0 Å². The van der Waals surface area contributed by atoms with Crippen LogP contribution in [0.1, 0.15) is 20.7 Å². The first-order valence-electron chi connectivity index (χ1n) is 6.63. The van der Waals surface area contributed by atoms with E-state index in [2.05, 4.69) is 20.5 Å². The molecular weight excluding hydrogens is 280 g/mol. The largest absolute Gasteiger partial charge is 0.285 e. The normalized spacial score (nSPS) is 13.7. The molecule has 0 unspecified atom stereocenters. The van der Waals surface area contributed by atoms with Crippen molar-refractivity contribution in [1.29, 1.82) is 0 Å². The molecule has 22 heavy (non-hydrogen) atoms. The predicted octanol–water partition coefficient (Wildman–Crippen LogP) is 4.16. The first-order chi connectivity index (χ1) is 10.7. The summed E-state index contributed by atoms with van der Waals surface area (Å²) < 4.78 is 0. The summed E-state index contributed by atoms with van der Waals surface area (Å²) in [6.07, 6.45) is 0. The summed E-state index contributed by atoms with van der Waals surface area (Å²) >= 11 is 0. The Morgan fingerprint density at radius 3 is 1.41 bits per heavy atom. The number of ketones is 2. The van der Waals surface area contributed by atoms with E-state index in [0.29, 0.717) is 22.5 Å². The molecule has 0 saturated carbocycles. The molecule has 6 nitrogen and oxygen atoms in total. The lowest BCUT2D eigenvalue weighted by Gasteiger charge is -2.18. The second kappa shape index (κ2) is 5.40. The van der Waals surface area contributed by atoms with Crippen molar-refractivity contribution in [2.75, 3.05) is 14.1 Å². The third-order valence-electron chi connectivity index (χ3n) is 3.42. The molecule has 0 amide bonds. The summed E-state index contributed by atoms with van der Waals surface area (Å²) in [4.78, 5) is 24.7. The Bertz CT molecular complexity index is 782. The minimum absolute atomic E-state index is 0.354. The molecule has 6 heteroatoms. The Hall–Kier alpha value is -3.02. The highest BCUT2D eigenvalue weighted by atomic mass is 16.2. The molecule has 0 atom stereocenters. The molecule has 0 N–H and O–H groups in total. The summed E-state index contributed by atoms with van der Waals surface area (Å²) in [5.74, 6) is -1.08. The molecule has 0 saturated heterocycles. The number of Topliss-reactive ketones (excluding diaryl/α,β-unsaturated/α-hetero) is 2. The first-order valence-corrected chi connectivity index (χ1v) is 6.63. The molecule has 1 aliphatic carbocycles. The van der Waals surface area contributed by atoms with Crippen LogP contribution in [0, 0.1) is 0 Å². The van der Waals surface area contributed by atoms with E-state index < -0.39 is 11.6 Å². The van der Waals surface area contributed by atoms with Gasteiger partial charge in [0.25, 0.3) is 0 Å². The highest BCUT2D eigenvalue weighted by Gasteiger charge is 2.30. The van der Waals surface area contributed by atoms with Crippen molar-refractivity contribution in [2.45, 2.75) is 0 Å². The van der Waals surface area contributed by atoms with Gasteiger partial charge in [-0.3, -0.25) is 9.59 Å². The SMILES string of the molecule is CN=Nc1ccc2c(c1)C(=O)C(=O)c1cc(N=NC)ccc1-2. The van der Waals surface area contributed by atoms with Gasteiger partial charge < -0.3 is 0 Å². The number of benzene rings is 2. The van der Waals surface area contributed by atoms with Crippen molar-refractivity contribution in [2.24, 2.45) is 20.5 Å². The number of hydrogen-bond donors (Lipinski definition) is 0. The average molecular weight is 292 g/mol. The van der Waals surface area contributed by atoms with Gasteiger partial charge in [0.05, 0.1) is 11.4 Å². The molecular formula is C16H12N4O2. The van der Waals surface area contributed by atoms with E-state index in [1.807, 2.05) is 0 Å². The van der Waals surface area contributed by atoms with Crippen LogP contribution in [-0.2, 0) is 0 Å². The van der Waals surface area contributed by atoms with Crippen LogP contribution in [0.4, 0.5) is 11.4 Å². The molecule has 0 aromatic heterocycles. The number of carbonyl (C=O) groups excluding carboxylic acids is 2. The molecule has 108 valence electrons. The number of hydrogen-bond acceptors (Lipinski definition) is 6. The minimum Gasteiger partial charge on any atom is -0.285 e. The van der Waals surface area contributed by atoms with Crippen molar-refractivity contribution in [3.63, 3.8) is 0 Å². The lowest BCUT2D eigenvalue weighted by molar-refractivity contribution is 0.0815. The van der Waals surface area contributed by atoms with E-state index in [0.717, 1.165) is 11.1 Å². The Morgan fingerprint density at radius 1 is 0.636 bits per heavy atom. The molecule has 3 rings (SSSR count). The number of fused-ring (bicyclic) bond motifs is 3. The smallest absolute Gasteiger partial charge is 0.234 e. The van der Waals surface area contributed by atoms with Crippen molar-refractivity contribution >= 4 is 22.9 Å². The number of rotatable bonds is 2. The Morgan fingerprint density at radius 2 is 1.05 bits per heavy atom. The van der Waals surface area contributed by atoms with Crippen LogP contribution >= 0.6 is 0 Å². The molecule has 2 aromatic rings. The predicted molar refractivity (Wildman–Crippen MR) is 81.4 cm³/mol. The molecule has 0 bridgehead atoms. The molecule has 0 aliphatic heterocycles. The zero-order valence-corrected chi connectivity index (χ0v) is 12.1. The van der Waals surface area contributed by atoms with E-state index in [1.165, 1.54) is 0 Å². The maximum absolute atomic E-state index is 12.3. The van der Waals surface area contributed by atoms with Gasteiger partial charge in [0.1, 0.15) is 0 Å². The summed E-state index contributed by atoms with van der Waals surface area (Å²) in [5, 5.41) is 15.2. The van der Waals surface area contributed by atoms with Gasteiger partial charge >= 0.3 is 0 Å². The zero-order valence-electron chi connectivity index (χ0n) is 12.1. The van der Waals surface area contributed by atoms with Gasteiger partial charge in [-0.1, -0.05) is 12.1 Å². The maximum Gasteiger partial charge on any atom is 0.234 e. The van der Waals surface area contributed by atoms with Gasteiger partial charge in [0.15, 0.2) is 0 Å². The molecule has 0 radical (unpaired) electrons. The van der Waals surface area contributed by atoms with Crippen molar-refractivity contribution < 1.29 is 9.59 Å². The van der Waals surface area contributed by atoms with Crippen LogP contribution < -0.4 is 0 Å². The summed E-state index contributed by atoms with van der Waals surface area (Å²) in [6, 6.07) is 10.3. The monoisotopic (exact) mass is 292 g/mol. The quantitative estimate of drug-likeness (QED) is 0.615. The van der Waals surface area contributed by atoms with Crippen LogP contribution in [0.3, 0.4) is 0 Å². The van der Waals surface area contributed by atoms with Gasteiger partial charge in [0.2, 0.25) is 11.6 Å². The Balaban J connectivity index is 2.23. The summed E-state index contributed by atoms with van der Waals surface area (Å²) in [5.41, 5.74) is 3.23. The van der Waals surface area contributed by atoms with Crippen LogP contribution in [0.15, 0.2) is 56.9 Å². The standard InChI is InChI=1S/C16H12N4O2/c1-17-19-9-3-5-11-12-6-4-10(20-18-2)8-14(12)16(22)15(21)13(11)7-9/h3-8H,1-2H3. The fourth-order valence-electron chi connectivity index (χ4n) is 2.51. The van der Waals surface area contributed by atoms with E-state index >= 15 is 0 Å². The van der Waals surface area contributed by atoms with Crippen molar-refractivity contribution in [3.8, 4) is 11.1 Å². The van der Waals surface area contributed by atoms with Crippen LogP contribution in [0.5, 0.6) is 0 Å². The van der Waals surface area contributed by atoms with E-state index in [4.69, 9.17) is 0 Å². The number of azo groups is 2. The molecule has 0 spiro atoms. The van der Waals surface area contributed by atoms with Crippen molar-refractivity contribution in [1.82, 2.24) is 0 Å². The van der Waals surface area contributed by atoms with Gasteiger partial charge in [-0.2, -0.15) is 20.5 Å². The average Bonchev–Trinajstić information content (AvgIpc) is 2.53. The van der Waals surface area contributed by atoms with E-state index in [1.54, 1.807) is 50.5 Å². The van der Waals surface area contributed by atoms with Crippen LogP contribution in [0.25, 0.3) is 11.1 Å². The van der Waals surface area contributed by atoms with Gasteiger partial charge in [-0.15, -0.1) is 0 Å². The van der Waals surface area contributed by atoms with E-state index in [9.17, 15) is 9.59 Å². The molecule has 1 aliphatic rings. The zero-order chi connectivity index (χ0) is 15.7. The Kier molecular flexibility index (Phi) is 3.42. The third kappa shape index (κ3) is 2.14. The molecule has 2 aromatic carbocycles. The molecule has 0 fully saturated rings. The second-order valence-corrected chi connectivity index (χ2v) is 4.72. The second-order valence-electron chi connectivity index (χ2n) is 4.72. The number of nitrogens with zero attached hydrogens (tertiary/aromatic N) is 4. The lowest BCUT2D eigenvalue weighted by atomic mass is 9.83. The minimum atomic E-state index is -0.541. The van der Waals surface area contributed by atoms with Gasteiger partial charge in [-0.25, -0.2) is 0 Å². The molecule has 0 heterocycles. The van der Waals surface area contributed by atoms with Crippen molar-refractivity contribution in [3.05, 3.63) is 47.5 Å². The first kappa shape index (κ1) is 13.9. The van der Waals surface area contributed by atoms with Crippen LogP contribution in [-0.4, -0.2) is 25.7 Å². The highest BCUT2D eigenvalue weighted by Crippen LogP contribution is 2.37. The lowest BCUT2D eigenvalue weighted by Crippen LogP contribution is -2.21. The maximum atomic E-state index is 12.3. The Labute approximate surface area is 126 Å². The summed E-state index contributed by atoms with van der Waals surface area (Å²) in [7, 11) is 3.09. The fourth-order valence-corrected chi connectivity index (χ4v) is 2.51. The number of carbonyl (C=O) groups is 2. The summed E-state index contributed by atoms with van der Waals surface area (Å²) in [6.45, 7) is 0. The van der Waals surface area contributed by atoms with E-state index in [-0.39, 0.29) is 0 Å². The van der Waals surface area contributed by atoms with Gasteiger partial charge in [0, 0.05) is 25.2 Å². The third-order valence-corrected chi connectivity index (χ3v) is 3.42.